The van der Waals surface area contributed by atoms with Crippen LogP contribution in [0.2, 0.25) is 0 Å². The standard InChI is InChI=1S/C14H19N5O4S/c1-24(21,22)17-8-7-15-14(20)16-10-13-18-12(19-23-13)9-11-5-3-2-4-6-11/h2-6,17H,7-10H2,1H3,(H2,15,16,20). The summed E-state index contributed by atoms with van der Waals surface area (Å²) in [6.07, 6.45) is 1.60. The van der Waals surface area contributed by atoms with Gasteiger partial charge in [-0.3, -0.25) is 0 Å². The Morgan fingerprint density at radius 2 is 1.92 bits per heavy atom. The van der Waals surface area contributed by atoms with E-state index in [2.05, 4.69) is 25.5 Å². The first-order valence-electron chi connectivity index (χ1n) is 7.24. The van der Waals surface area contributed by atoms with Crippen molar-refractivity contribution in [3.8, 4) is 0 Å². The summed E-state index contributed by atoms with van der Waals surface area (Å²) in [7, 11) is -3.26. The van der Waals surface area contributed by atoms with Gasteiger partial charge in [0.2, 0.25) is 15.9 Å². The lowest BCUT2D eigenvalue weighted by Crippen LogP contribution is -2.39. The zero-order chi connectivity index (χ0) is 17.4. The molecule has 9 nitrogen and oxygen atoms in total. The van der Waals surface area contributed by atoms with Crippen LogP contribution in [0.15, 0.2) is 34.9 Å². The Balaban J connectivity index is 1.70. The Kier molecular flexibility index (Phi) is 6.27. The minimum absolute atomic E-state index is 0.0904. The van der Waals surface area contributed by atoms with E-state index in [0.29, 0.717) is 18.1 Å². The van der Waals surface area contributed by atoms with Crippen LogP contribution in [0, 0.1) is 0 Å². The minimum atomic E-state index is -3.26. The maximum atomic E-state index is 11.5. The molecule has 24 heavy (non-hydrogen) atoms. The third kappa shape index (κ3) is 6.75. The van der Waals surface area contributed by atoms with Gasteiger partial charge in [-0.05, 0) is 5.56 Å². The molecule has 2 amide bonds. The summed E-state index contributed by atoms with van der Waals surface area (Å²) in [4.78, 5) is 15.7. The number of sulfonamides is 1. The van der Waals surface area contributed by atoms with Crippen LogP contribution in [0.1, 0.15) is 17.3 Å². The number of urea groups is 1. The summed E-state index contributed by atoms with van der Waals surface area (Å²) < 4.78 is 29.0. The molecular weight excluding hydrogens is 334 g/mol. The molecule has 10 heteroatoms. The van der Waals surface area contributed by atoms with E-state index >= 15 is 0 Å². The Morgan fingerprint density at radius 3 is 2.62 bits per heavy atom. The molecule has 0 bridgehead atoms. The molecule has 0 saturated heterocycles. The maximum absolute atomic E-state index is 11.5. The molecule has 0 aliphatic carbocycles. The van der Waals surface area contributed by atoms with E-state index in [-0.39, 0.29) is 19.6 Å². The van der Waals surface area contributed by atoms with Crippen molar-refractivity contribution in [3.05, 3.63) is 47.6 Å². The molecule has 1 aromatic carbocycles. The molecule has 0 radical (unpaired) electrons. The van der Waals surface area contributed by atoms with Gasteiger partial charge in [-0.15, -0.1) is 0 Å². The number of rotatable bonds is 8. The monoisotopic (exact) mass is 353 g/mol. The van der Waals surface area contributed by atoms with Crippen molar-refractivity contribution in [3.63, 3.8) is 0 Å². The lowest BCUT2D eigenvalue weighted by atomic mass is 10.1. The van der Waals surface area contributed by atoms with E-state index < -0.39 is 16.1 Å². The van der Waals surface area contributed by atoms with Crippen molar-refractivity contribution in [2.75, 3.05) is 19.3 Å². The first-order valence-corrected chi connectivity index (χ1v) is 9.13. The van der Waals surface area contributed by atoms with Gasteiger partial charge < -0.3 is 15.2 Å². The van der Waals surface area contributed by atoms with Gasteiger partial charge >= 0.3 is 6.03 Å². The van der Waals surface area contributed by atoms with Gasteiger partial charge in [0, 0.05) is 19.5 Å². The number of aromatic nitrogens is 2. The molecule has 3 N–H and O–H groups in total. The van der Waals surface area contributed by atoms with Crippen LogP contribution < -0.4 is 15.4 Å². The van der Waals surface area contributed by atoms with Crippen LogP contribution in [0.5, 0.6) is 0 Å². The van der Waals surface area contributed by atoms with Crippen molar-refractivity contribution in [2.45, 2.75) is 13.0 Å². The number of hydrogen-bond acceptors (Lipinski definition) is 6. The summed E-state index contributed by atoms with van der Waals surface area (Å²) in [6, 6.07) is 9.27. The van der Waals surface area contributed by atoms with Crippen LogP contribution in [0.3, 0.4) is 0 Å². The topological polar surface area (TPSA) is 126 Å². The summed E-state index contributed by atoms with van der Waals surface area (Å²) in [6.45, 7) is 0.378. The summed E-state index contributed by atoms with van der Waals surface area (Å²) >= 11 is 0. The van der Waals surface area contributed by atoms with E-state index in [1.54, 1.807) is 0 Å². The maximum Gasteiger partial charge on any atom is 0.315 e. The molecule has 0 aliphatic heterocycles. The smallest absolute Gasteiger partial charge is 0.315 e. The summed E-state index contributed by atoms with van der Waals surface area (Å²) in [5.74, 6) is 0.834. The average molecular weight is 353 g/mol. The highest BCUT2D eigenvalue weighted by atomic mass is 32.2. The first-order chi connectivity index (χ1) is 11.4. The largest absolute Gasteiger partial charge is 0.337 e. The molecule has 0 spiro atoms. The molecule has 0 atom stereocenters. The van der Waals surface area contributed by atoms with Crippen LogP contribution in [-0.2, 0) is 23.0 Å². The Hall–Kier alpha value is -2.46. The van der Waals surface area contributed by atoms with E-state index in [1.165, 1.54) is 0 Å². The fourth-order valence-corrected chi connectivity index (χ4v) is 2.32. The number of carbonyl (C=O) groups excluding carboxylic acids is 1. The van der Waals surface area contributed by atoms with Gasteiger partial charge in [-0.25, -0.2) is 17.9 Å². The molecule has 1 heterocycles. The predicted octanol–water partition coefficient (Wildman–Crippen LogP) is 0.00880. The second kappa shape index (κ2) is 8.41. The van der Waals surface area contributed by atoms with E-state index in [0.717, 1.165) is 11.8 Å². The highest BCUT2D eigenvalue weighted by Gasteiger charge is 2.08. The van der Waals surface area contributed by atoms with Crippen molar-refractivity contribution in [1.29, 1.82) is 0 Å². The zero-order valence-corrected chi connectivity index (χ0v) is 14.0. The average Bonchev–Trinajstić information content (AvgIpc) is 2.97. The number of nitrogens with one attached hydrogen (secondary N) is 3. The third-order valence-corrected chi connectivity index (χ3v) is 3.62. The van der Waals surface area contributed by atoms with Crippen molar-refractivity contribution < 1.29 is 17.7 Å². The zero-order valence-electron chi connectivity index (χ0n) is 13.2. The molecule has 0 aliphatic rings. The third-order valence-electron chi connectivity index (χ3n) is 2.89. The van der Waals surface area contributed by atoms with Crippen LogP contribution >= 0.6 is 0 Å². The Bertz CT molecular complexity index is 760. The van der Waals surface area contributed by atoms with E-state index in [4.69, 9.17) is 4.52 Å². The number of amides is 2. The number of hydrogen-bond donors (Lipinski definition) is 3. The van der Waals surface area contributed by atoms with Crippen molar-refractivity contribution in [2.24, 2.45) is 0 Å². The molecule has 2 rings (SSSR count). The Labute approximate surface area is 139 Å². The van der Waals surface area contributed by atoms with Gasteiger partial charge in [0.05, 0.1) is 12.8 Å². The fourth-order valence-electron chi connectivity index (χ4n) is 1.84. The van der Waals surface area contributed by atoms with E-state index in [9.17, 15) is 13.2 Å². The van der Waals surface area contributed by atoms with Crippen LogP contribution in [0.4, 0.5) is 4.79 Å². The molecular formula is C14H19N5O4S. The molecule has 1 aromatic heterocycles. The van der Waals surface area contributed by atoms with Crippen molar-refractivity contribution in [1.82, 2.24) is 25.5 Å². The molecule has 130 valence electrons. The van der Waals surface area contributed by atoms with Crippen molar-refractivity contribution >= 4 is 16.1 Å². The number of benzene rings is 1. The van der Waals surface area contributed by atoms with E-state index in [1.807, 2.05) is 30.3 Å². The Morgan fingerprint density at radius 1 is 1.17 bits per heavy atom. The summed E-state index contributed by atoms with van der Waals surface area (Å²) in [5.41, 5.74) is 1.06. The quantitative estimate of drug-likeness (QED) is 0.574. The minimum Gasteiger partial charge on any atom is -0.337 e. The molecule has 0 saturated carbocycles. The summed E-state index contributed by atoms with van der Waals surface area (Å²) in [5, 5.41) is 8.91. The van der Waals surface area contributed by atoms with Gasteiger partial charge in [0.1, 0.15) is 0 Å². The van der Waals surface area contributed by atoms with Crippen LogP contribution in [-0.4, -0.2) is 43.9 Å². The van der Waals surface area contributed by atoms with Gasteiger partial charge in [-0.1, -0.05) is 35.5 Å². The van der Waals surface area contributed by atoms with Gasteiger partial charge in [0.15, 0.2) is 5.82 Å². The first kappa shape index (κ1) is 17.9. The molecule has 0 fully saturated rings. The molecule has 0 unspecified atom stereocenters. The molecule has 2 aromatic rings. The van der Waals surface area contributed by atoms with Gasteiger partial charge in [-0.2, -0.15) is 4.98 Å². The second-order valence-corrected chi connectivity index (χ2v) is 6.88. The number of carbonyl (C=O) groups is 1. The lowest BCUT2D eigenvalue weighted by molar-refractivity contribution is 0.238. The lowest BCUT2D eigenvalue weighted by Gasteiger charge is -2.05. The second-order valence-electron chi connectivity index (χ2n) is 5.04. The van der Waals surface area contributed by atoms with Gasteiger partial charge in [0.25, 0.3) is 0 Å². The number of nitrogens with zero attached hydrogens (tertiary/aromatic N) is 2. The fraction of sp³-hybridized carbons (Fsp3) is 0.357. The SMILES string of the molecule is CS(=O)(=O)NCCNC(=O)NCc1nc(Cc2ccccc2)no1. The highest BCUT2D eigenvalue weighted by Crippen LogP contribution is 2.06. The normalized spacial score (nSPS) is 11.2. The highest BCUT2D eigenvalue weighted by molar-refractivity contribution is 7.88. The predicted molar refractivity (Wildman–Crippen MR) is 86.6 cm³/mol. The van der Waals surface area contributed by atoms with Crippen LogP contribution in [0.25, 0.3) is 0 Å².